The highest BCUT2D eigenvalue weighted by Crippen LogP contribution is 2.28. The number of thioether (sulfide) groups is 1. The molecule has 15 heavy (non-hydrogen) atoms. The minimum Gasteiger partial charge on any atom is -0.492 e. The summed E-state index contributed by atoms with van der Waals surface area (Å²) in [4.78, 5) is 0.867. The van der Waals surface area contributed by atoms with Gasteiger partial charge in [-0.25, -0.2) is 4.39 Å². The molecule has 1 rings (SSSR count). The first-order valence-corrected chi connectivity index (χ1v) is 6.46. The first-order valence-electron chi connectivity index (χ1n) is 5.24. The molecule has 0 radical (unpaired) electrons. The smallest absolute Gasteiger partial charge is 0.133 e. The Morgan fingerprint density at radius 1 is 1.33 bits per heavy atom. The van der Waals surface area contributed by atoms with Gasteiger partial charge in [0.15, 0.2) is 0 Å². The second-order valence-corrected chi connectivity index (χ2v) is 4.20. The fourth-order valence-corrected chi connectivity index (χ4v) is 1.85. The van der Waals surface area contributed by atoms with Crippen molar-refractivity contribution < 1.29 is 9.13 Å². The first kappa shape index (κ1) is 12.4. The monoisotopic (exact) mass is 228 g/mol. The van der Waals surface area contributed by atoms with E-state index in [9.17, 15) is 4.39 Å². The van der Waals surface area contributed by atoms with Gasteiger partial charge in [-0.15, -0.1) is 11.8 Å². The molecule has 0 fully saturated rings. The van der Waals surface area contributed by atoms with Gasteiger partial charge in [0.1, 0.15) is 11.6 Å². The lowest BCUT2D eigenvalue weighted by atomic mass is 10.3. The van der Waals surface area contributed by atoms with Crippen molar-refractivity contribution in [3.8, 4) is 5.75 Å². The minimum atomic E-state index is -0.208. The van der Waals surface area contributed by atoms with Crippen molar-refractivity contribution in [1.29, 1.82) is 0 Å². The highest BCUT2D eigenvalue weighted by Gasteiger charge is 2.03. The van der Waals surface area contributed by atoms with E-state index >= 15 is 0 Å². The third-order valence-electron chi connectivity index (χ3n) is 2.13. The van der Waals surface area contributed by atoms with Crippen molar-refractivity contribution in [3.63, 3.8) is 0 Å². The van der Waals surface area contributed by atoms with Crippen LogP contribution in [0.1, 0.15) is 26.2 Å². The van der Waals surface area contributed by atoms with Gasteiger partial charge in [0.25, 0.3) is 0 Å². The number of benzene rings is 1. The summed E-state index contributed by atoms with van der Waals surface area (Å²) in [5.41, 5.74) is 0. The van der Waals surface area contributed by atoms with E-state index in [0.29, 0.717) is 6.61 Å². The largest absolute Gasteiger partial charge is 0.492 e. The Hall–Kier alpha value is -0.700. The van der Waals surface area contributed by atoms with Gasteiger partial charge >= 0.3 is 0 Å². The molecule has 0 saturated carbocycles. The molecule has 1 aromatic carbocycles. The lowest BCUT2D eigenvalue weighted by Crippen LogP contribution is -1.98. The molecule has 1 aromatic rings. The van der Waals surface area contributed by atoms with Crippen LogP contribution in [0.2, 0.25) is 0 Å². The molecule has 0 aliphatic carbocycles. The highest BCUT2D eigenvalue weighted by molar-refractivity contribution is 7.98. The van der Waals surface area contributed by atoms with E-state index in [1.54, 1.807) is 6.07 Å². The van der Waals surface area contributed by atoms with Crippen LogP contribution < -0.4 is 4.74 Å². The van der Waals surface area contributed by atoms with Gasteiger partial charge in [-0.3, -0.25) is 0 Å². The Balaban J connectivity index is 2.52. The summed E-state index contributed by atoms with van der Waals surface area (Å²) < 4.78 is 18.5. The van der Waals surface area contributed by atoms with Gasteiger partial charge in [0.05, 0.1) is 11.5 Å². The number of hydrogen-bond acceptors (Lipinski definition) is 2. The van der Waals surface area contributed by atoms with E-state index in [1.807, 2.05) is 6.26 Å². The van der Waals surface area contributed by atoms with Gasteiger partial charge in [-0.05, 0) is 30.9 Å². The summed E-state index contributed by atoms with van der Waals surface area (Å²) in [5.74, 6) is 0.584. The quantitative estimate of drug-likeness (QED) is 0.535. The van der Waals surface area contributed by atoms with Crippen LogP contribution >= 0.6 is 11.8 Å². The predicted molar refractivity (Wildman–Crippen MR) is 63.2 cm³/mol. The number of unbranched alkanes of at least 4 members (excludes halogenated alkanes) is 2. The van der Waals surface area contributed by atoms with Crippen molar-refractivity contribution in [1.82, 2.24) is 0 Å². The van der Waals surface area contributed by atoms with Gasteiger partial charge in [0.2, 0.25) is 0 Å². The van der Waals surface area contributed by atoms with Crippen LogP contribution in [0.4, 0.5) is 4.39 Å². The van der Waals surface area contributed by atoms with Crippen molar-refractivity contribution in [2.45, 2.75) is 31.1 Å². The standard InChI is InChI=1S/C12H17FOS/c1-3-4-5-8-14-11-7-6-10(13)9-12(11)15-2/h6-7,9H,3-5,8H2,1-2H3. The molecule has 0 heterocycles. The second-order valence-electron chi connectivity index (χ2n) is 3.35. The Morgan fingerprint density at radius 2 is 2.13 bits per heavy atom. The highest BCUT2D eigenvalue weighted by atomic mass is 32.2. The minimum absolute atomic E-state index is 0.208. The number of rotatable bonds is 6. The Kier molecular flexibility index (Phi) is 5.54. The lowest BCUT2D eigenvalue weighted by Gasteiger charge is -2.09. The van der Waals surface area contributed by atoms with Crippen LogP contribution in [-0.2, 0) is 0 Å². The van der Waals surface area contributed by atoms with E-state index < -0.39 is 0 Å². The average Bonchev–Trinajstić information content (AvgIpc) is 2.26. The molecular formula is C12H17FOS. The molecule has 0 unspecified atom stereocenters. The van der Waals surface area contributed by atoms with Crippen LogP contribution in [0.5, 0.6) is 5.75 Å². The summed E-state index contributed by atoms with van der Waals surface area (Å²) in [6.45, 7) is 2.87. The van der Waals surface area contributed by atoms with E-state index in [0.717, 1.165) is 17.1 Å². The molecule has 0 aliphatic heterocycles. The maximum absolute atomic E-state index is 12.9. The number of halogens is 1. The molecule has 3 heteroatoms. The Labute approximate surface area is 95.0 Å². The fraction of sp³-hybridized carbons (Fsp3) is 0.500. The van der Waals surface area contributed by atoms with Crippen LogP contribution in [0.3, 0.4) is 0 Å². The van der Waals surface area contributed by atoms with Gasteiger partial charge in [-0.2, -0.15) is 0 Å². The average molecular weight is 228 g/mol. The van der Waals surface area contributed by atoms with Crippen molar-refractivity contribution in [3.05, 3.63) is 24.0 Å². The molecule has 0 bridgehead atoms. The number of hydrogen-bond donors (Lipinski definition) is 0. The summed E-state index contributed by atoms with van der Waals surface area (Å²) in [6, 6.07) is 4.65. The Bertz CT molecular complexity index is 302. The lowest BCUT2D eigenvalue weighted by molar-refractivity contribution is 0.299. The molecule has 84 valence electrons. The zero-order chi connectivity index (χ0) is 11.1. The molecule has 0 N–H and O–H groups in total. The van der Waals surface area contributed by atoms with Gasteiger partial charge < -0.3 is 4.74 Å². The maximum Gasteiger partial charge on any atom is 0.133 e. The van der Waals surface area contributed by atoms with Crippen LogP contribution in [0.25, 0.3) is 0 Å². The second kappa shape index (κ2) is 6.72. The summed E-state index contributed by atoms with van der Waals surface area (Å²) in [7, 11) is 0. The molecule has 0 spiro atoms. The van der Waals surface area contributed by atoms with E-state index in [-0.39, 0.29) is 5.82 Å². The van der Waals surface area contributed by atoms with Crippen LogP contribution in [-0.4, -0.2) is 12.9 Å². The van der Waals surface area contributed by atoms with E-state index in [4.69, 9.17) is 4.74 Å². The molecule has 0 saturated heterocycles. The van der Waals surface area contributed by atoms with Gasteiger partial charge in [0, 0.05) is 0 Å². The van der Waals surface area contributed by atoms with Crippen LogP contribution in [0, 0.1) is 5.82 Å². The van der Waals surface area contributed by atoms with Gasteiger partial charge in [-0.1, -0.05) is 19.8 Å². The molecule has 1 nitrogen and oxygen atoms in total. The normalized spacial score (nSPS) is 10.3. The first-order chi connectivity index (χ1) is 7.27. The zero-order valence-corrected chi connectivity index (χ0v) is 10.1. The molecule has 0 amide bonds. The summed E-state index contributed by atoms with van der Waals surface area (Å²) >= 11 is 1.51. The summed E-state index contributed by atoms with van der Waals surface area (Å²) in [5, 5.41) is 0. The summed E-state index contributed by atoms with van der Waals surface area (Å²) in [6.07, 6.45) is 5.34. The fourth-order valence-electron chi connectivity index (χ4n) is 1.29. The third kappa shape index (κ3) is 4.12. The SMILES string of the molecule is CCCCCOc1ccc(F)cc1SC. The maximum atomic E-state index is 12.9. The molecule has 0 aromatic heterocycles. The van der Waals surface area contributed by atoms with Crippen molar-refractivity contribution in [2.75, 3.05) is 12.9 Å². The van der Waals surface area contributed by atoms with E-state index in [1.165, 1.54) is 36.7 Å². The topological polar surface area (TPSA) is 9.23 Å². The molecule has 0 atom stereocenters. The van der Waals surface area contributed by atoms with Crippen LogP contribution in [0.15, 0.2) is 23.1 Å². The number of ether oxygens (including phenoxy) is 1. The Morgan fingerprint density at radius 3 is 2.80 bits per heavy atom. The van der Waals surface area contributed by atoms with E-state index in [2.05, 4.69) is 6.92 Å². The van der Waals surface area contributed by atoms with Crippen molar-refractivity contribution in [2.24, 2.45) is 0 Å². The zero-order valence-electron chi connectivity index (χ0n) is 9.25. The predicted octanol–water partition coefficient (Wildman–Crippen LogP) is 4.12. The van der Waals surface area contributed by atoms with Crippen molar-refractivity contribution >= 4 is 11.8 Å². The molecular weight excluding hydrogens is 211 g/mol. The molecule has 0 aliphatic rings. The third-order valence-corrected chi connectivity index (χ3v) is 2.89.